The van der Waals surface area contributed by atoms with Crippen molar-refractivity contribution in [3.8, 4) is 5.69 Å². The average Bonchev–Trinajstić information content (AvgIpc) is 3.28. The number of rotatable bonds is 8. The summed E-state index contributed by atoms with van der Waals surface area (Å²) in [5.74, 6) is -0.462. The summed E-state index contributed by atoms with van der Waals surface area (Å²) in [6.45, 7) is 2.50. The van der Waals surface area contributed by atoms with Gasteiger partial charge in [-0.1, -0.05) is 13.0 Å². The smallest absolute Gasteiger partial charge is 0.330 e. The topological polar surface area (TPSA) is 115 Å². The molecule has 30 heavy (non-hydrogen) atoms. The number of nitrogen functional groups attached to an aromatic ring is 1. The average molecular weight is 411 g/mol. The fourth-order valence-corrected chi connectivity index (χ4v) is 3.24. The van der Waals surface area contributed by atoms with E-state index >= 15 is 0 Å². The molecule has 3 rings (SSSR count). The molecular weight excluding hydrogens is 386 g/mol. The number of nitrogens with zero attached hydrogens (tertiary/aromatic N) is 3. The molecule has 1 aromatic carbocycles. The Morgan fingerprint density at radius 2 is 1.93 bits per heavy atom. The number of aromatic amines is 1. The van der Waals surface area contributed by atoms with Crippen LogP contribution < -0.4 is 21.9 Å². The van der Waals surface area contributed by atoms with Crippen LogP contribution in [0.2, 0.25) is 0 Å². The summed E-state index contributed by atoms with van der Waals surface area (Å²) in [6, 6.07) is 10.8. The molecule has 0 bridgehead atoms. The zero-order chi connectivity index (χ0) is 21.7. The predicted octanol–water partition coefficient (Wildman–Crippen LogP) is 1.61. The van der Waals surface area contributed by atoms with Crippen molar-refractivity contribution in [2.24, 2.45) is 0 Å². The van der Waals surface area contributed by atoms with Gasteiger partial charge in [-0.25, -0.2) is 4.79 Å². The van der Waals surface area contributed by atoms with Crippen LogP contribution in [0.5, 0.6) is 0 Å². The van der Waals surface area contributed by atoms with Gasteiger partial charge in [-0.3, -0.25) is 24.0 Å². The monoisotopic (exact) mass is 411 g/mol. The molecule has 2 heterocycles. The number of hydrogen-bond acceptors (Lipinski definition) is 5. The van der Waals surface area contributed by atoms with Gasteiger partial charge in [0.2, 0.25) is 0 Å². The van der Waals surface area contributed by atoms with Crippen LogP contribution in [0.15, 0.2) is 58.4 Å². The Morgan fingerprint density at radius 3 is 2.60 bits per heavy atom. The van der Waals surface area contributed by atoms with Crippen LogP contribution >= 0.6 is 0 Å². The van der Waals surface area contributed by atoms with Crippen LogP contribution in [0, 0.1) is 0 Å². The normalized spacial score (nSPS) is 10.9. The van der Waals surface area contributed by atoms with Crippen molar-refractivity contribution in [3.05, 3.63) is 75.2 Å². The molecule has 0 saturated heterocycles. The molecule has 0 unspecified atom stereocenters. The number of anilines is 2. The van der Waals surface area contributed by atoms with Gasteiger partial charge in [-0.05, 0) is 36.8 Å². The Labute approximate surface area is 173 Å². The van der Waals surface area contributed by atoms with E-state index in [1.54, 1.807) is 18.2 Å². The molecule has 0 spiro atoms. The minimum atomic E-state index is -0.712. The summed E-state index contributed by atoms with van der Waals surface area (Å²) in [5.41, 5.74) is 5.98. The van der Waals surface area contributed by atoms with Crippen molar-refractivity contribution < 1.29 is 9.53 Å². The number of methoxy groups -OCH3 is 1. The summed E-state index contributed by atoms with van der Waals surface area (Å²) in [5, 5.41) is 0. The number of aromatic nitrogens is 3. The van der Waals surface area contributed by atoms with Crippen molar-refractivity contribution in [2.75, 3.05) is 30.9 Å². The number of ether oxygens (including phenoxy) is 1. The molecule has 9 nitrogen and oxygen atoms in total. The molecule has 1 amide bonds. The molecule has 0 fully saturated rings. The summed E-state index contributed by atoms with van der Waals surface area (Å²) in [4.78, 5) is 41.7. The molecule has 0 aliphatic carbocycles. The van der Waals surface area contributed by atoms with E-state index in [4.69, 9.17) is 10.5 Å². The van der Waals surface area contributed by atoms with Crippen LogP contribution in [0.4, 0.5) is 11.5 Å². The number of carbonyl (C=O) groups is 1. The van der Waals surface area contributed by atoms with Gasteiger partial charge >= 0.3 is 5.69 Å². The van der Waals surface area contributed by atoms with Crippen molar-refractivity contribution in [1.29, 1.82) is 0 Å². The lowest BCUT2D eigenvalue weighted by molar-refractivity contribution is 0.0975. The van der Waals surface area contributed by atoms with Crippen LogP contribution in [-0.2, 0) is 11.3 Å². The van der Waals surface area contributed by atoms with Crippen molar-refractivity contribution in [1.82, 2.24) is 14.1 Å². The molecule has 9 heteroatoms. The molecule has 0 aliphatic rings. The Bertz CT molecular complexity index is 1130. The first-order valence-corrected chi connectivity index (χ1v) is 9.64. The van der Waals surface area contributed by atoms with Crippen molar-refractivity contribution in [3.63, 3.8) is 0 Å². The molecule has 0 radical (unpaired) electrons. The van der Waals surface area contributed by atoms with Gasteiger partial charge in [0.05, 0.1) is 6.61 Å². The third kappa shape index (κ3) is 4.20. The quantitative estimate of drug-likeness (QED) is 0.584. The van der Waals surface area contributed by atoms with Gasteiger partial charge in [-0.2, -0.15) is 0 Å². The Kier molecular flexibility index (Phi) is 6.53. The largest absolute Gasteiger partial charge is 0.383 e. The predicted molar refractivity (Wildman–Crippen MR) is 115 cm³/mol. The minimum absolute atomic E-state index is 0.0448. The lowest BCUT2D eigenvalue weighted by atomic mass is 10.1. The molecular formula is C21H25N5O4. The maximum atomic E-state index is 13.4. The standard InChI is InChI=1S/C21H25N5O4/c1-3-9-26-18(22)17(19(27)23-21(26)29)25(12-13-30-2)20(28)15-7-6-8-16(14-15)24-10-4-5-11-24/h4-8,10-11,14H,3,9,12-13,22H2,1-2H3,(H,23,27,29). The SMILES string of the molecule is CCCn1c(N)c(N(CCOC)C(=O)c2cccc(-n3cccc3)c2)c(=O)[nH]c1=O. The number of H-pyrrole nitrogens is 1. The van der Waals surface area contributed by atoms with Gasteiger partial charge in [0.1, 0.15) is 5.82 Å². The van der Waals surface area contributed by atoms with Crippen molar-refractivity contribution in [2.45, 2.75) is 19.9 Å². The molecule has 0 saturated carbocycles. The van der Waals surface area contributed by atoms with Crippen LogP contribution in [0.1, 0.15) is 23.7 Å². The molecule has 3 N–H and O–H groups in total. The fourth-order valence-electron chi connectivity index (χ4n) is 3.24. The highest BCUT2D eigenvalue weighted by atomic mass is 16.5. The van der Waals surface area contributed by atoms with E-state index in [1.807, 2.05) is 42.1 Å². The minimum Gasteiger partial charge on any atom is -0.383 e. The second-order valence-electron chi connectivity index (χ2n) is 6.73. The van der Waals surface area contributed by atoms with E-state index in [2.05, 4.69) is 4.98 Å². The first kappa shape index (κ1) is 21.1. The van der Waals surface area contributed by atoms with E-state index < -0.39 is 17.2 Å². The summed E-state index contributed by atoms with van der Waals surface area (Å²) in [6.07, 6.45) is 4.38. The Morgan fingerprint density at radius 1 is 1.20 bits per heavy atom. The number of benzene rings is 1. The maximum absolute atomic E-state index is 13.4. The number of amides is 1. The maximum Gasteiger partial charge on any atom is 0.330 e. The molecule has 2 aromatic heterocycles. The van der Waals surface area contributed by atoms with E-state index in [-0.39, 0.29) is 24.7 Å². The van der Waals surface area contributed by atoms with Crippen LogP contribution in [0.25, 0.3) is 5.69 Å². The molecule has 0 aliphatic heterocycles. The van der Waals surface area contributed by atoms with Crippen molar-refractivity contribution >= 4 is 17.4 Å². The zero-order valence-corrected chi connectivity index (χ0v) is 17.0. The molecule has 158 valence electrons. The van der Waals surface area contributed by atoms with Gasteiger partial charge in [0.25, 0.3) is 11.5 Å². The van der Waals surface area contributed by atoms with Gasteiger partial charge in [-0.15, -0.1) is 0 Å². The summed E-state index contributed by atoms with van der Waals surface area (Å²) < 4.78 is 8.26. The highest BCUT2D eigenvalue weighted by Gasteiger charge is 2.25. The first-order chi connectivity index (χ1) is 14.5. The first-order valence-electron chi connectivity index (χ1n) is 9.64. The summed E-state index contributed by atoms with van der Waals surface area (Å²) >= 11 is 0. The van der Waals surface area contributed by atoms with E-state index in [0.717, 1.165) is 5.69 Å². The Balaban J connectivity index is 2.09. The third-order valence-electron chi connectivity index (χ3n) is 4.69. The highest BCUT2D eigenvalue weighted by molar-refractivity contribution is 6.07. The lowest BCUT2D eigenvalue weighted by Crippen LogP contribution is -2.42. The number of nitrogens with two attached hydrogens (primary N) is 1. The third-order valence-corrected chi connectivity index (χ3v) is 4.69. The number of hydrogen-bond donors (Lipinski definition) is 2. The number of carbonyl (C=O) groups excluding carboxylic acids is 1. The fraction of sp³-hybridized carbons (Fsp3) is 0.286. The molecule has 3 aromatic rings. The summed E-state index contributed by atoms with van der Waals surface area (Å²) in [7, 11) is 1.50. The van der Waals surface area contributed by atoms with E-state index in [0.29, 0.717) is 18.5 Å². The second kappa shape index (κ2) is 9.27. The zero-order valence-electron chi connectivity index (χ0n) is 17.0. The van der Waals surface area contributed by atoms with Crippen LogP contribution in [0.3, 0.4) is 0 Å². The van der Waals surface area contributed by atoms with Crippen LogP contribution in [-0.4, -0.2) is 40.3 Å². The lowest BCUT2D eigenvalue weighted by Gasteiger charge is -2.24. The van der Waals surface area contributed by atoms with Gasteiger partial charge < -0.3 is 15.0 Å². The Hall–Kier alpha value is -3.59. The van der Waals surface area contributed by atoms with Gasteiger partial charge in [0, 0.05) is 43.8 Å². The highest BCUT2D eigenvalue weighted by Crippen LogP contribution is 2.21. The van der Waals surface area contributed by atoms with Gasteiger partial charge in [0.15, 0.2) is 5.69 Å². The van der Waals surface area contributed by atoms with E-state index in [9.17, 15) is 14.4 Å². The van der Waals surface area contributed by atoms with E-state index in [1.165, 1.54) is 16.6 Å². The molecule has 0 atom stereocenters. The second-order valence-corrected chi connectivity index (χ2v) is 6.73. The number of nitrogens with one attached hydrogen (secondary N) is 1.